The third-order valence-corrected chi connectivity index (χ3v) is 5.83. The zero-order valence-electron chi connectivity index (χ0n) is 15.4. The van der Waals surface area contributed by atoms with Gasteiger partial charge in [-0.25, -0.2) is 4.79 Å². The second kappa shape index (κ2) is 6.80. The van der Waals surface area contributed by atoms with Gasteiger partial charge in [-0.3, -0.25) is 0 Å². The van der Waals surface area contributed by atoms with E-state index >= 15 is 0 Å². The Hall–Kier alpha value is -2.69. The first-order chi connectivity index (χ1) is 13.3. The molecule has 0 aliphatic carbocycles. The second-order valence-corrected chi connectivity index (χ2v) is 7.44. The van der Waals surface area contributed by atoms with Crippen LogP contribution >= 0.6 is 0 Å². The van der Waals surface area contributed by atoms with Crippen LogP contribution in [0.3, 0.4) is 0 Å². The third kappa shape index (κ3) is 3.01. The monoisotopic (exact) mass is 364 g/mol. The molecule has 0 spiro atoms. The van der Waals surface area contributed by atoms with E-state index in [0.717, 1.165) is 56.9 Å². The van der Waals surface area contributed by atoms with Crippen LogP contribution in [0.25, 0.3) is 0 Å². The normalized spacial score (nSPS) is 16.8. The van der Waals surface area contributed by atoms with E-state index in [0.29, 0.717) is 13.1 Å². The molecular weight excluding hydrogens is 340 g/mol. The van der Waals surface area contributed by atoms with E-state index in [9.17, 15) is 4.79 Å². The molecule has 5 rings (SSSR count). The molecule has 0 radical (unpaired) electrons. The van der Waals surface area contributed by atoms with Gasteiger partial charge in [0.1, 0.15) is 11.5 Å². The lowest BCUT2D eigenvalue weighted by molar-refractivity contribution is 0.192. The highest BCUT2D eigenvalue weighted by Crippen LogP contribution is 2.40. The van der Waals surface area contributed by atoms with Gasteiger partial charge in [0, 0.05) is 49.2 Å². The first kappa shape index (κ1) is 16.5. The number of benzene rings is 2. The van der Waals surface area contributed by atoms with Gasteiger partial charge in [-0.15, -0.1) is 0 Å². The highest BCUT2D eigenvalue weighted by atomic mass is 16.5. The minimum absolute atomic E-state index is 0.0193. The summed E-state index contributed by atoms with van der Waals surface area (Å²) in [5.41, 5.74) is 6.33. The Morgan fingerprint density at radius 3 is 2.81 bits per heavy atom. The van der Waals surface area contributed by atoms with Crippen LogP contribution in [0.2, 0.25) is 0 Å². The highest BCUT2D eigenvalue weighted by Gasteiger charge is 2.26. The number of amides is 2. The molecule has 0 unspecified atom stereocenters. The molecule has 3 heterocycles. The highest BCUT2D eigenvalue weighted by molar-refractivity contribution is 5.74. The lowest BCUT2D eigenvalue weighted by atomic mass is 9.97. The Balaban J connectivity index is 1.24. The van der Waals surface area contributed by atoms with E-state index in [1.54, 1.807) is 0 Å². The molecule has 140 valence electrons. The standard InChI is InChI=1S/C22H24N2O3/c25-22(24-10-6-15-3-1-2-4-17(15)14-24)23-9-5-19-18-8-12-26-20(18)13-16-7-11-27-21(16)19/h1-4,13H,5-12,14H2,(H,23,25). The van der Waals surface area contributed by atoms with Crippen molar-refractivity contribution in [2.45, 2.75) is 32.2 Å². The fraction of sp³-hybridized carbons (Fsp3) is 0.409. The van der Waals surface area contributed by atoms with Crippen LogP contribution in [0.5, 0.6) is 11.5 Å². The Labute approximate surface area is 159 Å². The van der Waals surface area contributed by atoms with Crippen molar-refractivity contribution >= 4 is 6.03 Å². The van der Waals surface area contributed by atoms with E-state index in [2.05, 4.69) is 29.6 Å². The van der Waals surface area contributed by atoms with Crippen LogP contribution in [0.15, 0.2) is 30.3 Å². The van der Waals surface area contributed by atoms with Crippen molar-refractivity contribution in [3.63, 3.8) is 0 Å². The molecule has 0 atom stereocenters. The number of carbonyl (C=O) groups is 1. The molecule has 27 heavy (non-hydrogen) atoms. The van der Waals surface area contributed by atoms with E-state index in [4.69, 9.17) is 9.47 Å². The molecule has 5 heteroatoms. The van der Waals surface area contributed by atoms with Gasteiger partial charge in [0.15, 0.2) is 0 Å². The third-order valence-electron chi connectivity index (χ3n) is 5.83. The fourth-order valence-corrected chi connectivity index (χ4v) is 4.42. The van der Waals surface area contributed by atoms with Gasteiger partial charge >= 0.3 is 6.03 Å². The maximum Gasteiger partial charge on any atom is 0.317 e. The number of hydrogen-bond acceptors (Lipinski definition) is 3. The van der Waals surface area contributed by atoms with E-state index in [1.165, 1.54) is 27.8 Å². The molecule has 2 aromatic rings. The molecule has 3 aliphatic heterocycles. The number of hydrogen-bond donors (Lipinski definition) is 1. The Morgan fingerprint density at radius 1 is 1.04 bits per heavy atom. The van der Waals surface area contributed by atoms with Gasteiger partial charge in [-0.2, -0.15) is 0 Å². The van der Waals surface area contributed by atoms with Crippen LogP contribution in [0.4, 0.5) is 4.79 Å². The number of fused-ring (bicyclic) bond motifs is 3. The molecule has 0 bridgehead atoms. The van der Waals surface area contributed by atoms with Crippen LogP contribution in [0, 0.1) is 0 Å². The maximum absolute atomic E-state index is 12.6. The molecular formula is C22H24N2O3. The number of ether oxygens (including phenoxy) is 2. The van der Waals surface area contributed by atoms with Crippen LogP contribution in [-0.2, 0) is 32.2 Å². The summed E-state index contributed by atoms with van der Waals surface area (Å²) in [7, 11) is 0. The summed E-state index contributed by atoms with van der Waals surface area (Å²) in [4.78, 5) is 14.5. The smallest absolute Gasteiger partial charge is 0.317 e. The topological polar surface area (TPSA) is 50.8 Å². The second-order valence-electron chi connectivity index (χ2n) is 7.44. The largest absolute Gasteiger partial charge is 0.493 e. The van der Waals surface area contributed by atoms with Gasteiger partial charge in [0.25, 0.3) is 0 Å². The fourth-order valence-electron chi connectivity index (χ4n) is 4.42. The lowest BCUT2D eigenvalue weighted by Crippen LogP contribution is -2.43. The van der Waals surface area contributed by atoms with Crippen molar-refractivity contribution in [3.8, 4) is 11.5 Å². The Morgan fingerprint density at radius 2 is 1.89 bits per heavy atom. The van der Waals surface area contributed by atoms with Gasteiger partial charge in [-0.1, -0.05) is 24.3 Å². The number of nitrogens with zero attached hydrogens (tertiary/aromatic N) is 1. The van der Waals surface area contributed by atoms with Crippen molar-refractivity contribution in [2.24, 2.45) is 0 Å². The number of carbonyl (C=O) groups excluding carboxylic acids is 1. The molecule has 0 saturated heterocycles. The van der Waals surface area contributed by atoms with Gasteiger partial charge in [-0.05, 0) is 30.0 Å². The minimum Gasteiger partial charge on any atom is -0.493 e. The molecule has 2 amide bonds. The van der Waals surface area contributed by atoms with E-state index < -0.39 is 0 Å². The quantitative estimate of drug-likeness (QED) is 0.911. The predicted octanol–water partition coefficient (Wildman–Crippen LogP) is 2.87. The summed E-state index contributed by atoms with van der Waals surface area (Å²) < 4.78 is 11.7. The van der Waals surface area contributed by atoms with Crippen LogP contribution in [-0.4, -0.2) is 37.2 Å². The van der Waals surface area contributed by atoms with Crippen molar-refractivity contribution in [1.82, 2.24) is 10.2 Å². The molecule has 0 saturated carbocycles. The van der Waals surface area contributed by atoms with Crippen molar-refractivity contribution in [3.05, 3.63) is 58.1 Å². The number of nitrogens with one attached hydrogen (secondary N) is 1. The average molecular weight is 364 g/mol. The lowest BCUT2D eigenvalue weighted by Gasteiger charge is -2.29. The molecule has 0 aromatic heterocycles. The van der Waals surface area contributed by atoms with Gasteiger partial charge in [0.2, 0.25) is 0 Å². The SMILES string of the molecule is O=C(NCCc1c2c(cc3c1OCC3)OCC2)N1CCc2ccccc2C1. The van der Waals surface area contributed by atoms with Crippen LogP contribution < -0.4 is 14.8 Å². The zero-order chi connectivity index (χ0) is 18.2. The average Bonchev–Trinajstić information content (AvgIpc) is 3.36. The number of rotatable bonds is 3. The first-order valence-electron chi connectivity index (χ1n) is 9.82. The van der Waals surface area contributed by atoms with E-state index in [1.807, 2.05) is 11.0 Å². The molecule has 0 fully saturated rings. The summed E-state index contributed by atoms with van der Waals surface area (Å²) in [6.07, 6.45) is 3.58. The van der Waals surface area contributed by atoms with Crippen molar-refractivity contribution in [2.75, 3.05) is 26.3 Å². The predicted molar refractivity (Wildman–Crippen MR) is 102 cm³/mol. The molecule has 3 aliphatic rings. The zero-order valence-corrected chi connectivity index (χ0v) is 15.4. The maximum atomic E-state index is 12.6. The Bertz CT molecular complexity index is 861. The van der Waals surface area contributed by atoms with Crippen LogP contribution in [0.1, 0.15) is 27.8 Å². The summed E-state index contributed by atoms with van der Waals surface area (Å²) in [6.45, 7) is 3.56. The molecule has 5 nitrogen and oxygen atoms in total. The summed E-state index contributed by atoms with van der Waals surface area (Å²) in [5, 5.41) is 3.10. The van der Waals surface area contributed by atoms with E-state index in [-0.39, 0.29) is 6.03 Å². The van der Waals surface area contributed by atoms with Gasteiger partial charge < -0.3 is 19.7 Å². The molecule has 1 N–H and O–H groups in total. The van der Waals surface area contributed by atoms with Crippen molar-refractivity contribution < 1.29 is 14.3 Å². The van der Waals surface area contributed by atoms with Crippen molar-refractivity contribution in [1.29, 1.82) is 0 Å². The molecule has 2 aromatic carbocycles. The van der Waals surface area contributed by atoms with Gasteiger partial charge in [0.05, 0.1) is 13.2 Å². The summed E-state index contributed by atoms with van der Waals surface area (Å²) in [6, 6.07) is 10.5. The summed E-state index contributed by atoms with van der Waals surface area (Å²) >= 11 is 0. The first-order valence-corrected chi connectivity index (χ1v) is 9.82. The Kier molecular flexibility index (Phi) is 4.15. The minimum atomic E-state index is 0.0193. The summed E-state index contributed by atoms with van der Waals surface area (Å²) in [5.74, 6) is 2.04. The number of urea groups is 1.